The summed E-state index contributed by atoms with van der Waals surface area (Å²) in [6.45, 7) is 3.07. The van der Waals surface area contributed by atoms with E-state index in [0.29, 0.717) is 23.6 Å². The highest BCUT2D eigenvalue weighted by Crippen LogP contribution is 2.26. The van der Waals surface area contributed by atoms with Gasteiger partial charge in [-0.25, -0.2) is 0 Å². The maximum Gasteiger partial charge on any atom is 0.121 e. The molecule has 166 valence electrons. The Hall–Kier alpha value is -2.80. The molecule has 2 unspecified atom stereocenters. The first-order valence-electron chi connectivity index (χ1n) is 10.6. The average Bonchev–Trinajstić information content (AvgIpc) is 2.79. The number of aliphatic hydroxyl groups excluding tert-OH is 2. The van der Waals surface area contributed by atoms with Crippen molar-refractivity contribution in [1.82, 2.24) is 5.32 Å². The van der Waals surface area contributed by atoms with E-state index in [0.717, 1.165) is 36.5 Å². The molecular formula is C25H32N2O4. The Morgan fingerprint density at radius 1 is 1.16 bits per heavy atom. The van der Waals surface area contributed by atoms with Crippen LogP contribution >= 0.6 is 0 Å². The van der Waals surface area contributed by atoms with Crippen molar-refractivity contribution in [3.63, 3.8) is 0 Å². The number of nitrogens with one attached hydrogen (secondary N) is 2. The number of allylic oxidation sites excluding steroid dienone is 3. The molecule has 0 bridgehead atoms. The molecule has 0 aromatic heterocycles. The summed E-state index contributed by atoms with van der Waals surface area (Å²) in [5.74, 6) is 1.36. The van der Waals surface area contributed by atoms with Crippen LogP contribution in [0.2, 0.25) is 0 Å². The summed E-state index contributed by atoms with van der Waals surface area (Å²) in [5, 5.41) is 36.0. The van der Waals surface area contributed by atoms with Crippen LogP contribution in [-0.4, -0.2) is 35.5 Å². The summed E-state index contributed by atoms with van der Waals surface area (Å²) >= 11 is 0. The summed E-state index contributed by atoms with van der Waals surface area (Å²) in [6, 6.07) is 13.2. The van der Waals surface area contributed by atoms with E-state index in [1.165, 1.54) is 11.6 Å². The minimum Gasteiger partial charge on any atom is -0.508 e. The fraction of sp³-hybridized carbons (Fsp3) is 0.360. The van der Waals surface area contributed by atoms with Gasteiger partial charge in [-0.2, -0.15) is 0 Å². The van der Waals surface area contributed by atoms with Crippen molar-refractivity contribution in [2.45, 2.75) is 32.5 Å². The van der Waals surface area contributed by atoms with Crippen molar-refractivity contribution in [1.29, 1.82) is 0 Å². The zero-order valence-corrected chi connectivity index (χ0v) is 18.1. The molecule has 6 nitrogen and oxygen atoms in total. The van der Waals surface area contributed by atoms with Gasteiger partial charge in [-0.3, -0.25) is 0 Å². The number of rotatable bonds is 10. The fourth-order valence-electron chi connectivity index (χ4n) is 3.53. The molecule has 0 fully saturated rings. The fourth-order valence-corrected chi connectivity index (χ4v) is 3.53. The maximum atomic E-state index is 10.3. The third-order valence-electron chi connectivity index (χ3n) is 5.57. The molecule has 0 radical (unpaired) electrons. The van der Waals surface area contributed by atoms with Crippen molar-refractivity contribution >= 4 is 5.69 Å². The number of methoxy groups -OCH3 is 1. The van der Waals surface area contributed by atoms with E-state index in [-0.39, 0.29) is 12.4 Å². The van der Waals surface area contributed by atoms with E-state index in [4.69, 9.17) is 4.74 Å². The van der Waals surface area contributed by atoms with Gasteiger partial charge in [-0.1, -0.05) is 25.1 Å². The molecule has 0 spiro atoms. The van der Waals surface area contributed by atoms with Crippen LogP contribution in [0.15, 0.2) is 66.1 Å². The second-order valence-electron chi connectivity index (χ2n) is 7.89. The van der Waals surface area contributed by atoms with E-state index in [1.807, 2.05) is 0 Å². The number of hydrogen-bond donors (Lipinski definition) is 5. The molecule has 0 saturated carbocycles. The minimum absolute atomic E-state index is 0.0363. The molecule has 0 aliphatic heterocycles. The third-order valence-corrected chi connectivity index (χ3v) is 5.57. The first kappa shape index (κ1) is 22.9. The van der Waals surface area contributed by atoms with E-state index in [9.17, 15) is 15.3 Å². The van der Waals surface area contributed by atoms with Gasteiger partial charge in [-0.05, 0) is 72.8 Å². The van der Waals surface area contributed by atoms with Gasteiger partial charge < -0.3 is 30.7 Å². The summed E-state index contributed by atoms with van der Waals surface area (Å²) in [4.78, 5) is 0. The molecule has 2 aromatic rings. The second-order valence-corrected chi connectivity index (χ2v) is 7.89. The van der Waals surface area contributed by atoms with Crippen molar-refractivity contribution in [3.05, 3.63) is 82.8 Å². The monoisotopic (exact) mass is 424 g/mol. The highest BCUT2D eigenvalue weighted by Gasteiger charge is 2.14. The Morgan fingerprint density at radius 3 is 2.65 bits per heavy atom. The average molecular weight is 425 g/mol. The lowest BCUT2D eigenvalue weighted by atomic mass is 9.97. The number of aromatic hydroxyl groups is 1. The molecule has 6 heteroatoms. The van der Waals surface area contributed by atoms with Crippen LogP contribution in [0.25, 0.3) is 0 Å². The van der Waals surface area contributed by atoms with Crippen molar-refractivity contribution in [2.75, 3.05) is 25.5 Å². The van der Waals surface area contributed by atoms with Crippen LogP contribution in [0, 0.1) is 5.92 Å². The lowest BCUT2D eigenvalue weighted by Crippen LogP contribution is -2.23. The smallest absolute Gasteiger partial charge is 0.121 e. The van der Waals surface area contributed by atoms with Gasteiger partial charge in [-0.15, -0.1) is 0 Å². The summed E-state index contributed by atoms with van der Waals surface area (Å²) in [5.41, 5.74) is 4.50. The topological polar surface area (TPSA) is 94.0 Å². The van der Waals surface area contributed by atoms with Gasteiger partial charge in [0, 0.05) is 23.5 Å². The molecule has 1 aliphatic rings. The Morgan fingerprint density at radius 2 is 1.94 bits per heavy atom. The quantitative estimate of drug-likeness (QED) is 0.374. The number of anilines is 1. The highest BCUT2D eigenvalue weighted by molar-refractivity contribution is 5.51. The predicted octanol–water partition coefficient (Wildman–Crippen LogP) is 3.62. The Kier molecular flexibility index (Phi) is 8.12. The van der Waals surface area contributed by atoms with Crippen LogP contribution in [0.3, 0.4) is 0 Å². The van der Waals surface area contributed by atoms with Gasteiger partial charge in [0.15, 0.2) is 0 Å². The van der Waals surface area contributed by atoms with E-state index < -0.39 is 6.10 Å². The molecule has 3 rings (SSSR count). The first-order chi connectivity index (χ1) is 15.0. The van der Waals surface area contributed by atoms with Gasteiger partial charge in [0.25, 0.3) is 0 Å². The first-order valence-corrected chi connectivity index (χ1v) is 10.6. The number of phenols is 1. The molecular weight excluding hydrogens is 392 g/mol. The summed E-state index contributed by atoms with van der Waals surface area (Å²) in [7, 11) is 1.69. The van der Waals surface area contributed by atoms with E-state index in [1.54, 1.807) is 19.2 Å². The largest absolute Gasteiger partial charge is 0.508 e. The normalized spacial score (nSPS) is 17.0. The molecule has 1 aliphatic carbocycles. The van der Waals surface area contributed by atoms with Crippen molar-refractivity contribution in [2.24, 2.45) is 5.92 Å². The lowest BCUT2D eigenvalue weighted by Gasteiger charge is -2.21. The molecule has 2 atom stereocenters. The van der Waals surface area contributed by atoms with E-state index >= 15 is 0 Å². The second kappa shape index (κ2) is 11.0. The van der Waals surface area contributed by atoms with Crippen molar-refractivity contribution in [3.8, 4) is 5.75 Å². The van der Waals surface area contributed by atoms with Gasteiger partial charge in [0.1, 0.15) is 11.5 Å². The third kappa shape index (κ3) is 6.34. The van der Waals surface area contributed by atoms with Gasteiger partial charge in [0.2, 0.25) is 0 Å². The zero-order valence-electron chi connectivity index (χ0n) is 18.1. The van der Waals surface area contributed by atoms with Gasteiger partial charge >= 0.3 is 0 Å². The van der Waals surface area contributed by atoms with Gasteiger partial charge in [0.05, 0.1) is 19.8 Å². The number of ether oxygens (including phenoxy) is 1. The molecule has 2 aromatic carbocycles. The molecule has 5 N–H and O–H groups in total. The van der Waals surface area contributed by atoms with E-state index in [2.05, 4.69) is 54.0 Å². The van der Waals surface area contributed by atoms with Crippen LogP contribution in [0.1, 0.15) is 36.1 Å². The lowest BCUT2D eigenvalue weighted by molar-refractivity contribution is 0.174. The van der Waals surface area contributed by atoms with Crippen LogP contribution < -0.4 is 10.6 Å². The number of benzene rings is 2. The Labute approximate surface area is 183 Å². The Bertz CT molecular complexity index is 922. The van der Waals surface area contributed by atoms with Crippen molar-refractivity contribution < 1.29 is 20.1 Å². The Balaban J connectivity index is 1.45. The molecule has 0 heterocycles. The standard InChI is InChI=1S/C25H32N2O4/c1-17-3-9-22(31-2)14-23(17)27-21-7-4-18(5-8-21)11-12-26-15-25(30)19-6-10-24(29)20(13-19)16-28/h4-10,13-14,17,25-30H,3,11-12,15-16H2,1-2H3. The molecule has 31 heavy (non-hydrogen) atoms. The minimum atomic E-state index is -0.700. The number of aliphatic hydroxyl groups is 2. The SMILES string of the molecule is COC1=CCC(C)C(Nc2ccc(CCNCC(O)c3ccc(O)c(CO)c3)cc2)=C1. The highest BCUT2D eigenvalue weighted by atomic mass is 16.5. The van der Waals surface area contributed by atoms with Crippen LogP contribution in [0.5, 0.6) is 5.75 Å². The summed E-state index contributed by atoms with van der Waals surface area (Å²) in [6.07, 6.45) is 5.27. The zero-order chi connectivity index (χ0) is 22.2. The molecule has 0 saturated heterocycles. The summed E-state index contributed by atoms with van der Waals surface area (Å²) < 4.78 is 5.34. The maximum absolute atomic E-state index is 10.3. The number of hydrogen-bond acceptors (Lipinski definition) is 6. The van der Waals surface area contributed by atoms with Crippen LogP contribution in [0.4, 0.5) is 5.69 Å². The predicted molar refractivity (Wildman–Crippen MR) is 123 cm³/mol. The van der Waals surface area contributed by atoms with Crippen LogP contribution in [-0.2, 0) is 17.8 Å². The molecule has 0 amide bonds.